The van der Waals surface area contributed by atoms with Crippen molar-refractivity contribution in [2.75, 3.05) is 20.3 Å². The van der Waals surface area contributed by atoms with E-state index in [1.165, 1.54) is 0 Å². The molecule has 1 aliphatic heterocycles. The SMILES string of the molecule is COCc1cccc(C(=O)NC2COC2)c1. The molecule has 1 fully saturated rings. The molecule has 0 unspecified atom stereocenters. The van der Waals surface area contributed by atoms with E-state index in [0.29, 0.717) is 25.4 Å². The van der Waals surface area contributed by atoms with Crippen LogP contribution < -0.4 is 5.32 Å². The lowest BCUT2D eigenvalue weighted by atomic mass is 10.1. The fraction of sp³-hybridized carbons (Fsp3) is 0.417. The Labute approximate surface area is 94.6 Å². The van der Waals surface area contributed by atoms with Gasteiger partial charge in [0.1, 0.15) is 0 Å². The Morgan fingerprint density at radius 1 is 1.56 bits per heavy atom. The molecule has 2 rings (SSSR count). The van der Waals surface area contributed by atoms with Gasteiger partial charge in [0.15, 0.2) is 0 Å². The van der Waals surface area contributed by atoms with Crippen LogP contribution in [0.4, 0.5) is 0 Å². The monoisotopic (exact) mass is 221 g/mol. The number of ether oxygens (including phenoxy) is 2. The highest BCUT2D eigenvalue weighted by Crippen LogP contribution is 2.08. The first kappa shape index (κ1) is 11.1. The molecule has 1 saturated heterocycles. The zero-order valence-electron chi connectivity index (χ0n) is 9.23. The van der Waals surface area contributed by atoms with Crippen molar-refractivity contribution < 1.29 is 14.3 Å². The Kier molecular flexibility index (Phi) is 3.54. The lowest BCUT2D eigenvalue weighted by Crippen LogP contribution is -2.48. The number of rotatable bonds is 4. The van der Waals surface area contributed by atoms with Gasteiger partial charge in [0, 0.05) is 12.7 Å². The first-order valence-corrected chi connectivity index (χ1v) is 5.26. The fourth-order valence-corrected chi connectivity index (χ4v) is 1.56. The van der Waals surface area contributed by atoms with Crippen molar-refractivity contribution in [1.29, 1.82) is 0 Å². The molecule has 1 N–H and O–H groups in total. The lowest BCUT2D eigenvalue weighted by molar-refractivity contribution is -0.00346. The van der Waals surface area contributed by atoms with Gasteiger partial charge in [-0.25, -0.2) is 0 Å². The zero-order chi connectivity index (χ0) is 11.4. The van der Waals surface area contributed by atoms with Crippen molar-refractivity contribution in [3.05, 3.63) is 35.4 Å². The largest absolute Gasteiger partial charge is 0.380 e. The maximum atomic E-state index is 11.8. The minimum Gasteiger partial charge on any atom is -0.380 e. The van der Waals surface area contributed by atoms with Crippen molar-refractivity contribution >= 4 is 5.91 Å². The van der Waals surface area contributed by atoms with Crippen molar-refractivity contribution in [2.24, 2.45) is 0 Å². The van der Waals surface area contributed by atoms with Crippen molar-refractivity contribution in [3.63, 3.8) is 0 Å². The summed E-state index contributed by atoms with van der Waals surface area (Å²) in [6.07, 6.45) is 0. The molecule has 0 bridgehead atoms. The molecule has 1 aromatic rings. The Bertz CT molecular complexity index is 374. The summed E-state index contributed by atoms with van der Waals surface area (Å²) >= 11 is 0. The van der Waals surface area contributed by atoms with Gasteiger partial charge in [0.05, 0.1) is 25.9 Å². The van der Waals surface area contributed by atoms with Crippen LogP contribution in [0.15, 0.2) is 24.3 Å². The van der Waals surface area contributed by atoms with Crippen LogP contribution in [0.25, 0.3) is 0 Å². The van der Waals surface area contributed by atoms with Crippen LogP contribution in [0, 0.1) is 0 Å². The lowest BCUT2D eigenvalue weighted by Gasteiger charge is -2.26. The summed E-state index contributed by atoms with van der Waals surface area (Å²) in [4.78, 5) is 11.8. The molecule has 0 spiro atoms. The predicted molar refractivity (Wildman–Crippen MR) is 59.2 cm³/mol. The highest BCUT2D eigenvalue weighted by molar-refractivity contribution is 5.94. The van der Waals surface area contributed by atoms with Crippen molar-refractivity contribution in [2.45, 2.75) is 12.6 Å². The Hall–Kier alpha value is -1.39. The highest BCUT2D eigenvalue weighted by Gasteiger charge is 2.20. The van der Waals surface area contributed by atoms with Gasteiger partial charge in [-0.2, -0.15) is 0 Å². The molecule has 16 heavy (non-hydrogen) atoms. The number of hydrogen-bond acceptors (Lipinski definition) is 3. The van der Waals surface area contributed by atoms with Gasteiger partial charge in [-0.05, 0) is 17.7 Å². The average molecular weight is 221 g/mol. The summed E-state index contributed by atoms with van der Waals surface area (Å²) in [5, 5.41) is 2.90. The molecule has 0 radical (unpaired) electrons. The maximum Gasteiger partial charge on any atom is 0.251 e. The van der Waals surface area contributed by atoms with Crippen LogP contribution in [0.2, 0.25) is 0 Å². The molecule has 0 aromatic heterocycles. The molecule has 0 saturated carbocycles. The average Bonchev–Trinajstić information content (AvgIpc) is 2.24. The quantitative estimate of drug-likeness (QED) is 0.823. The second-order valence-electron chi connectivity index (χ2n) is 3.84. The van der Waals surface area contributed by atoms with Gasteiger partial charge in [0.25, 0.3) is 5.91 Å². The van der Waals surface area contributed by atoms with Crippen LogP contribution in [0.3, 0.4) is 0 Å². The van der Waals surface area contributed by atoms with Crippen molar-refractivity contribution in [3.8, 4) is 0 Å². The van der Waals surface area contributed by atoms with E-state index in [2.05, 4.69) is 5.32 Å². The predicted octanol–water partition coefficient (Wildman–Crippen LogP) is 0.962. The standard InChI is InChI=1S/C12H15NO3/c1-15-6-9-3-2-4-10(5-9)12(14)13-11-7-16-8-11/h2-5,11H,6-8H2,1H3,(H,13,14). The molecule has 0 aliphatic carbocycles. The molecule has 0 atom stereocenters. The van der Waals surface area contributed by atoms with Gasteiger partial charge in [-0.3, -0.25) is 4.79 Å². The van der Waals surface area contributed by atoms with E-state index in [4.69, 9.17) is 9.47 Å². The minimum atomic E-state index is -0.0498. The molecule has 1 aromatic carbocycles. The summed E-state index contributed by atoms with van der Waals surface area (Å²) in [6.45, 7) is 1.75. The number of carbonyl (C=O) groups is 1. The van der Waals surface area contributed by atoms with Crippen LogP contribution in [-0.4, -0.2) is 32.3 Å². The summed E-state index contributed by atoms with van der Waals surface area (Å²) in [5.74, 6) is -0.0498. The Morgan fingerprint density at radius 2 is 2.38 bits per heavy atom. The number of carbonyl (C=O) groups excluding carboxylic acids is 1. The third kappa shape index (κ3) is 2.59. The molecule has 1 heterocycles. The second kappa shape index (κ2) is 5.09. The minimum absolute atomic E-state index is 0.0498. The number of amides is 1. The zero-order valence-corrected chi connectivity index (χ0v) is 9.23. The van der Waals surface area contributed by atoms with E-state index in [9.17, 15) is 4.79 Å². The van der Waals surface area contributed by atoms with Crippen LogP contribution in [0.1, 0.15) is 15.9 Å². The Morgan fingerprint density at radius 3 is 3.00 bits per heavy atom. The molecule has 1 amide bonds. The summed E-state index contributed by atoms with van der Waals surface area (Å²) < 4.78 is 10.0. The second-order valence-corrected chi connectivity index (χ2v) is 3.84. The molecule has 4 nitrogen and oxygen atoms in total. The first-order chi connectivity index (χ1) is 7.79. The van der Waals surface area contributed by atoms with E-state index in [1.807, 2.05) is 18.2 Å². The number of methoxy groups -OCH3 is 1. The summed E-state index contributed by atoms with van der Waals surface area (Å²) in [7, 11) is 1.64. The molecular formula is C12H15NO3. The summed E-state index contributed by atoms with van der Waals surface area (Å²) in [5.41, 5.74) is 1.67. The van der Waals surface area contributed by atoms with Gasteiger partial charge in [-0.15, -0.1) is 0 Å². The third-order valence-electron chi connectivity index (χ3n) is 2.47. The fourth-order valence-electron chi connectivity index (χ4n) is 1.56. The topological polar surface area (TPSA) is 47.6 Å². The molecule has 1 aliphatic rings. The van der Waals surface area contributed by atoms with Gasteiger partial charge < -0.3 is 14.8 Å². The van der Waals surface area contributed by atoms with E-state index in [1.54, 1.807) is 13.2 Å². The molecular weight excluding hydrogens is 206 g/mol. The molecule has 4 heteroatoms. The highest BCUT2D eigenvalue weighted by atomic mass is 16.5. The van der Waals surface area contributed by atoms with E-state index in [-0.39, 0.29) is 11.9 Å². The third-order valence-corrected chi connectivity index (χ3v) is 2.47. The van der Waals surface area contributed by atoms with Gasteiger partial charge in [-0.1, -0.05) is 12.1 Å². The van der Waals surface area contributed by atoms with Crippen LogP contribution in [0.5, 0.6) is 0 Å². The van der Waals surface area contributed by atoms with Gasteiger partial charge in [0.2, 0.25) is 0 Å². The Balaban J connectivity index is 2.00. The maximum absolute atomic E-state index is 11.8. The van der Waals surface area contributed by atoms with Crippen LogP contribution in [-0.2, 0) is 16.1 Å². The normalized spacial score (nSPS) is 15.6. The molecule has 86 valence electrons. The van der Waals surface area contributed by atoms with Crippen LogP contribution >= 0.6 is 0 Å². The van der Waals surface area contributed by atoms with E-state index in [0.717, 1.165) is 5.56 Å². The number of nitrogens with one attached hydrogen (secondary N) is 1. The number of hydrogen-bond donors (Lipinski definition) is 1. The van der Waals surface area contributed by atoms with Crippen molar-refractivity contribution in [1.82, 2.24) is 5.32 Å². The number of benzene rings is 1. The van der Waals surface area contributed by atoms with Gasteiger partial charge >= 0.3 is 0 Å². The summed E-state index contributed by atoms with van der Waals surface area (Å²) in [6, 6.07) is 7.61. The first-order valence-electron chi connectivity index (χ1n) is 5.26. The smallest absolute Gasteiger partial charge is 0.251 e. The van der Waals surface area contributed by atoms with E-state index >= 15 is 0 Å². The van der Waals surface area contributed by atoms with E-state index < -0.39 is 0 Å².